The molecule has 124 valence electrons. The Morgan fingerprint density at radius 3 is 2.05 bits per heavy atom. The average Bonchev–Trinajstić information content (AvgIpc) is 2.34. The van der Waals surface area contributed by atoms with Crippen molar-refractivity contribution in [3.8, 4) is 0 Å². The molecule has 0 saturated carbocycles. The van der Waals surface area contributed by atoms with Crippen molar-refractivity contribution in [2.45, 2.75) is 38.1 Å². The number of carbonyl (C=O) groups excluding carboxylic acids is 1. The van der Waals surface area contributed by atoms with Crippen molar-refractivity contribution < 1.29 is 31.1 Å². The van der Waals surface area contributed by atoms with Gasteiger partial charge >= 0.3 is 11.5 Å². The first-order valence-corrected chi connectivity index (χ1v) is 7.92. The Bertz CT molecular complexity index is 616. The smallest absolute Gasteiger partial charge is 0.460 e. The molecule has 4 nitrogen and oxygen atoms in total. The Balaban J connectivity index is 3.02. The standard InChI is InChI=1S/C14H17F3O4S/c1-13(2,3)11(22(19,20)14(15,16)17)12(18)21-9-10-7-5-4-6-8-10/h4-8,11H,9H2,1-3H3/t11-/m1/s1. The van der Waals surface area contributed by atoms with Crippen molar-refractivity contribution in [2.75, 3.05) is 0 Å². The van der Waals surface area contributed by atoms with Crippen LogP contribution in [0, 0.1) is 5.41 Å². The number of halogens is 3. The van der Waals surface area contributed by atoms with Gasteiger partial charge in [0.15, 0.2) is 5.25 Å². The summed E-state index contributed by atoms with van der Waals surface area (Å²) < 4.78 is 66.3. The summed E-state index contributed by atoms with van der Waals surface area (Å²) in [4.78, 5) is 12.0. The van der Waals surface area contributed by atoms with Crippen LogP contribution in [0.2, 0.25) is 0 Å². The van der Waals surface area contributed by atoms with Crippen LogP contribution in [0.1, 0.15) is 26.3 Å². The van der Waals surface area contributed by atoms with Crippen LogP contribution in [0.15, 0.2) is 30.3 Å². The largest absolute Gasteiger partial charge is 0.498 e. The molecule has 0 aliphatic rings. The molecule has 1 atom stereocenters. The summed E-state index contributed by atoms with van der Waals surface area (Å²) in [6.45, 7) is 3.43. The molecule has 0 aromatic heterocycles. The molecule has 1 rings (SSSR count). The second-order valence-electron chi connectivity index (χ2n) is 5.83. The Hall–Kier alpha value is -1.57. The number of hydrogen-bond acceptors (Lipinski definition) is 4. The maximum absolute atomic E-state index is 12.7. The van der Waals surface area contributed by atoms with Crippen LogP contribution in [-0.4, -0.2) is 25.1 Å². The van der Waals surface area contributed by atoms with Gasteiger partial charge in [0.2, 0.25) is 0 Å². The van der Waals surface area contributed by atoms with Crippen LogP contribution in [-0.2, 0) is 26.0 Å². The van der Waals surface area contributed by atoms with Crippen molar-refractivity contribution in [1.82, 2.24) is 0 Å². The topological polar surface area (TPSA) is 60.4 Å². The van der Waals surface area contributed by atoms with Crippen LogP contribution in [0.4, 0.5) is 13.2 Å². The monoisotopic (exact) mass is 338 g/mol. The van der Waals surface area contributed by atoms with Crippen LogP contribution in [0.3, 0.4) is 0 Å². The molecule has 0 aliphatic heterocycles. The van der Waals surface area contributed by atoms with Gasteiger partial charge in [-0.3, -0.25) is 4.79 Å². The van der Waals surface area contributed by atoms with Gasteiger partial charge in [0.1, 0.15) is 6.61 Å². The Kier molecular flexibility index (Phi) is 5.27. The fourth-order valence-electron chi connectivity index (χ4n) is 1.88. The zero-order chi connectivity index (χ0) is 17.2. The van der Waals surface area contributed by atoms with Crippen LogP contribution < -0.4 is 0 Å². The van der Waals surface area contributed by atoms with Gasteiger partial charge in [0.25, 0.3) is 9.84 Å². The second-order valence-corrected chi connectivity index (χ2v) is 7.85. The molecular formula is C14H17F3O4S. The number of benzene rings is 1. The van der Waals surface area contributed by atoms with E-state index in [9.17, 15) is 26.4 Å². The van der Waals surface area contributed by atoms with E-state index in [1.807, 2.05) is 0 Å². The molecular weight excluding hydrogens is 321 g/mol. The first-order valence-electron chi connectivity index (χ1n) is 6.38. The van der Waals surface area contributed by atoms with Crippen molar-refractivity contribution in [3.63, 3.8) is 0 Å². The van der Waals surface area contributed by atoms with E-state index >= 15 is 0 Å². The van der Waals surface area contributed by atoms with Gasteiger partial charge in [0.05, 0.1) is 0 Å². The normalized spacial score (nSPS) is 14.5. The van der Waals surface area contributed by atoms with Crippen molar-refractivity contribution in [3.05, 3.63) is 35.9 Å². The number of rotatable bonds is 4. The summed E-state index contributed by atoms with van der Waals surface area (Å²) in [6.07, 6.45) is 0. The fourth-order valence-corrected chi connectivity index (χ4v) is 3.40. The first-order chi connectivity index (χ1) is 9.87. The maximum Gasteiger partial charge on any atom is 0.498 e. The minimum atomic E-state index is -5.67. The number of carbonyl (C=O) groups is 1. The van der Waals surface area contributed by atoms with Crippen molar-refractivity contribution >= 4 is 15.8 Å². The SMILES string of the molecule is CC(C)(C)[C@@H](C(=O)OCc1ccccc1)S(=O)(=O)C(F)(F)F. The highest BCUT2D eigenvalue weighted by atomic mass is 32.2. The van der Waals surface area contributed by atoms with E-state index in [2.05, 4.69) is 0 Å². The van der Waals surface area contributed by atoms with E-state index in [1.165, 1.54) is 20.8 Å². The van der Waals surface area contributed by atoms with Gasteiger partial charge in [-0.2, -0.15) is 13.2 Å². The van der Waals surface area contributed by atoms with Crippen molar-refractivity contribution in [1.29, 1.82) is 0 Å². The van der Waals surface area contributed by atoms with Gasteiger partial charge in [0, 0.05) is 0 Å². The lowest BCUT2D eigenvalue weighted by Crippen LogP contribution is -2.48. The molecule has 0 unspecified atom stereocenters. The molecule has 0 aliphatic carbocycles. The fraction of sp³-hybridized carbons (Fsp3) is 0.500. The lowest BCUT2D eigenvalue weighted by molar-refractivity contribution is -0.147. The van der Waals surface area contributed by atoms with Crippen LogP contribution >= 0.6 is 0 Å². The third kappa shape index (κ3) is 4.22. The minimum Gasteiger partial charge on any atom is -0.460 e. The number of sulfone groups is 1. The van der Waals surface area contributed by atoms with E-state index in [4.69, 9.17) is 4.74 Å². The van der Waals surface area contributed by atoms with Gasteiger partial charge < -0.3 is 4.74 Å². The molecule has 0 bridgehead atoms. The summed E-state index contributed by atoms with van der Waals surface area (Å²) in [5.41, 5.74) is -6.42. The lowest BCUT2D eigenvalue weighted by atomic mass is 9.92. The van der Waals surface area contributed by atoms with E-state index in [0.717, 1.165) is 0 Å². The lowest BCUT2D eigenvalue weighted by Gasteiger charge is -2.29. The highest BCUT2D eigenvalue weighted by Crippen LogP contribution is 2.36. The van der Waals surface area contributed by atoms with Crippen LogP contribution in [0.5, 0.6) is 0 Å². The zero-order valence-electron chi connectivity index (χ0n) is 12.3. The quantitative estimate of drug-likeness (QED) is 0.792. The number of alkyl halides is 3. The van der Waals surface area contributed by atoms with Crippen LogP contribution in [0.25, 0.3) is 0 Å². The minimum absolute atomic E-state index is 0.292. The maximum atomic E-state index is 12.7. The number of esters is 1. The van der Waals surface area contributed by atoms with Gasteiger partial charge in [-0.15, -0.1) is 0 Å². The summed E-state index contributed by atoms with van der Waals surface area (Å²) in [5, 5.41) is -2.32. The van der Waals surface area contributed by atoms with Gasteiger partial charge in [-0.05, 0) is 11.0 Å². The predicted octanol–water partition coefficient (Wildman–Crippen LogP) is 3.08. The van der Waals surface area contributed by atoms with E-state index in [1.54, 1.807) is 30.3 Å². The first kappa shape index (κ1) is 18.5. The Morgan fingerprint density at radius 2 is 1.64 bits per heavy atom. The Labute approximate surface area is 127 Å². The van der Waals surface area contributed by atoms with Gasteiger partial charge in [-0.1, -0.05) is 51.1 Å². The number of hydrogen-bond donors (Lipinski definition) is 0. The molecule has 8 heteroatoms. The van der Waals surface area contributed by atoms with Gasteiger partial charge in [-0.25, -0.2) is 8.42 Å². The number of ether oxygens (including phenoxy) is 1. The molecule has 0 heterocycles. The highest BCUT2D eigenvalue weighted by Gasteiger charge is 2.57. The molecule has 1 aromatic rings. The highest BCUT2D eigenvalue weighted by molar-refractivity contribution is 7.93. The molecule has 0 fully saturated rings. The van der Waals surface area contributed by atoms with E-state index in [0.29, 0.717) is 5.56 Å². The summed E-state index contributed by atoms with van der Waals surface area (Å²) in [6, 6.07) is 8.26. The average molecular weight is 338 g/mol. The zero-order valence-corrected chi connectivity index (χ0v) is 13.2. The molecule has 0 amide bonds. The molecule has 22 heavy (non-hydrogen) atoms. The molecule has 0 radical (unpaired) electrons. The van der Waals surface area contributed by atoms with Crippen molar-refractivity contribution in [2.24, 2.45) is 5.41 Å². The third-order valence-electron chi connectivity index (χ3n) is 2.86. The predicted molar refractivity (Wildman–Crippen MR) is 74.5 cm³/mol. The van der Waals surface area contributed by atoms with E-state index < -0.39 is 32.0 Å². The molecule has 0 spiro atoms. The summed E-state index contributed by atoms with van der Waals surface area (Å²) >= 11 is 0. The summed E-state index contributed by atoms with van der Waals surface area (Å²) in [7, 11) is -5.67. The Morgan fingerprint density at radius 1 is 1.14 bits per heavy atom. The molecule has 1 aromatic carbocycles. The third-order valence-corrected chi connectivity index (χ3v) is 5.02. The summed E-state index contributed by atoms with van der Waals surface area (Å²) in [5.74, 6) is -1.41. The molecule has 0 saturated heterocycles. The van der Waals surface area contributed by atoms with E-state index in [-0.39, 0.29) is 6.61 Å². The second kappa shape index (κ2) is 6.28. The molecule has 0 N–H and O–H groups in total.